The number of rotatable bonds is 5. The van der Waals surface area contributed by atoms with Crippen LogP contribution in [0.25, 0.3) is 9.40 Å². The molecule has 1 unspecified atom stereocenters. The predicted octanol–water partition coefficient (Wildman–Crippen LogP) is 4.76. The zero-order valence-electron chi connectivity index (χ0n) is 11.7. The number of fused-ring (bicyclic) bond motifs is 1. The maximum atomic E-state index is 4.44. The zero-order valence-corrected chi connectivity index (χ0v) is 13.4. The summed E-state index contributed by atoms with van der Waals surface area (Å²) >= 11 is 3.70. The van der Waals surface area contributed by atoms with Gasteiger partial charge in [-0.25, -0.2) is 0 Å². The Bertz CT molecular complexity index is 653. The lowest BCUT2D eigenvalue weighted by Crippen LogP contribution is -2.22. The topological polar surface area (TPSA) is 24.9 Å². The number of pyridine rings is 1. The monoisotopic (exact) mass is 302 g/mol. The van der Waals surface area contributed by atoms with Crippen molar-refractivity contribution in [1.29, 1.82) is 0 Å². The molecule has 4 heteroatoms. The molecule has 0 aromatic carbocycles. The fourth-order valence-electron chi connectivity index (χ4n) is 2.25. The van der Waals surface area contributed by atoms with Gasteiger partial charge in [-0.05, 0) is 49.0 Å². The SMILES string of the molecule is CCCNC(c1ccc(C)nc1)c1cc2sccc2s1. The molecule has 3 aromatic heterocycles. The molecule has 0 fully saturated rings. The molecule has 20 heavy (non-hydrogen) atoms. The second-order valence-electron chi connectivity index (χ2n) is 4.92. The third kappa shape index (κ3) is 2.77. The van der Waals surface area contributed by atoms with Gasteiger partial charge >= 0.3 is 0 Å². The van der Waals surface area contributed by atoms with E-state index in [4.69, 9.17) is 0 Å². The van der Waals surface area contributed by atoms with Gasteiger partial charge in [-0.15, -0.1) is 22.7 Å². The Morgan fingerprint density at radius 1 is 1.25 bits per heavy atom. The van der Waals surface area contributed by atoms with Crippen molar-refractivity contribution < 1.29 is 0 Å². The van der Waals surface area contributed by atoms with Crippen LogP contribution in [-0.2, 0) is 0 Å². The first kappa shape index (κ1) is 13.7. The molecular formula is C16H18N2S2. The zero-order chi connectivity index (χ0) is 13.9. The molecule has 0 aliphatic carbocycles. The van der Waals surface area contributed by atoms with Crippen LogP contribution < -0.4 is 5.32 Å². The minimum atomic E-state index is 0.257. The van der Waals surface area contributed by atoms with Crippen LogP contribution in [0.5, 0.6) is 0 Å². The summed E-state index contributed by atoms with van der Waals surface area (Å²) in [6, 6.07) is 9.05. The van der Waals surface area contributed by atoms with Crippen molar-refractivity contribution in [3.05, 3.63) is 52.0 Å². The summed E-state index contributed by atoms with van der Waals surface area (Å²) in [6.07, 6.45) is 3.13. The van der Waals surface area contributed by atoms with Gasteiger partial charge in [0, 0.05) is 26.2 Å². The van der Waals surface area contributed by atoms with Crippen LogP contribution in [-0.4, -0.2) is 11.5 Å². The molecule has 0 saturated carbocycles. The first-order chi connectivity index (χ1) is 9.78. The fourth-order valence-corrected chi connectivity index (χ4v) is 4.47. The lowest BCUT2D eigenvalue weighted by Gasteiger charge is -2.17. The molecule has 0 saturated heterocycles. The van der Waals surface area contributed by atoms with E-state index in [0.29, 0.717) is 0 Å². The highest BCUT2D eigenvalue weighted by atomic mass is 32.1. The van der Waals surface area contributed by atoms with Crippen molar-refractivity contribution in [3.8, 4) is 0 Å². The van der Waals surface area contributed by atoms with Gasteiger partial charge in [0.05, 0.1) is 6.04 Å². The highest BCUT2D eigenvalue weighted by Crippen LogP contribution is 2.35. The Kier molecular flexibility index (Phi) is 4.15. The summed E-state index contributed by atoms with van der Waals surface area (Å²) in [5.74, 6) is 0. The summed E-state index contributed by atoms with van der Waals surface area (Å²) in [6.45, 7) is 5.24. The molecule has 104 valence electrons. The molecule has 0 amide bonds. The van der Waals surface area contributed by atoms with Crippen molar-refractivity contribution in [2.24, 2.45) is 0 Å². The smallest absolute Gasteiger partial charge is 0.0686 e. The van der Waals surface area contributed by atoms with Crippen molar-refractivity contribution in [1.82, 2.24) is 10.3 Å². The lowest BCUT2D eigenvalue weighted by atomic mass is 10.1. The molecular weight excluding hydrogens is 284 g/mol. The number of thiophene rings is 2. The van der Waals surface area contributed by atoms with E-state index in [0.717, 1.165) is 18.7 Å². The molecule has 3 aromatic rings. The first-order valence-corrected chi connectivity index (χ1v) is 8.60. The van der Waals surface area contributed by atoms with E-state index in [1.165, 1.54) is 19.8 Å². The van der Waals surface area contributed by atoms with Crippen LogP contribution in [0.4, 0.5) is 0 Å². The molecule has 0 aliphatic rings. The van der Waals surface area contributed by atoms with Gasteiger partial charge in [-0.2, -0.15) is 0 Å². The minimum absolute atomic E-state index is 0.257. The van der Waals surface area contributed by atoms with Crippen molar-refractivity contribution in [2.45, 2.75) is 26.3 Å². The largest absolute Gasteiger partial charge is 0.306 e. The summed E-state index contributed by atoms with van der Waals surface area (Å²) in [7, 11) is 0. The molecule has 0 aliphatic heterocycles. The van der Waals surface area contributed by atoms with Crippen molar-refractivity contribution in [2.75, 3.05) is 6.54 Å². The summed E-state index contributed by atoms with van der Waals surface area (Å²) in [5, 5.41) is 5.81. The Morgan fingerprint density at radius 3 is 2.85 bits per heavy atom. The molecule has 1 atom stereocenters. The molecule has 0 bridgehead atoms. The van der Waals surface area contributed by atoms with Gasteiger partial charge in [-0.3, -0.25) is 4.98 Å². The summed E-state index contributed by atoms with van der Waals surface area (Å²) in [5.41, 5.74) is 2.31. The normalized spacial score (nSPS) is 12.9. The average molecular weight is 302 g/mol. The Balaban J connectivity index is 1.96. The van der Waals surface area contributed by atoms with Gasteiger partial charge in [0.2, 0.25) is 0 Å². The highest BCUT2D eigenvalue weighted by Gasteiger charge is 2.16. The minimum Gasteiger partial charge on any atom is -0.306 e. The van der Waals surface area contributed by atoms with Crippen LogP contribution >= 0.6 is 22.7 Å². The maximum Gasteiger partial charge on any atom is 0.0686 e. The Morgan fingerprint density at radius 2 is 2.15 bits per heavy atom. The van der Waals surface area contributed by atoms with Gasteiger partial charge in [-0.1, -0.05) is 13.0 Å². The molecule has 3 heterocycles. The second kappa shape index (κ2) is 6.04. The van der Waals surface area contributed by atoms with Crippen LogP contribution in [0.15, 0.2) is 35.8 Å². The number of aryl methyl sites for hydroxylation is 1. The fraction of sp³-hybridized carbons (Fsp3) is 0.312. The number of hydrogen-bond acceptors (Lipinski definition) is 4. The standard InChI is InChI=1S/C16H18N2S2/c1-3-7-17-16(12-5-4-11(2)18-10-12)15-9-14-13(20-15)6-8-19-14/h4-6,8-10,16-17H,3,7H2,1-2H3. The predicted molar refractivity (Wildman–Crippen MR) is 88.8 cm³/mol. The van der Waals surface area contributed by atoms with Crippen LogP contribution in [0, 0.1) is 6.92 Å². The van der Waals surface area contributed by atoms with E-state index >= 15 is 0 Å². The van der Waals surface area contributed by atoms with E-state index in [1.54, 1.807) is 0 Å². The quantitative estimate of drug-likeness (QED) is 0.735. The third-order valence-corrected chi connectivity index (χ3v) is 5.47. The van der Waals surface area contributed by atoms with Crippen LogP contribution in [0.1, 0.15) is 35.5 Å². The summed E-state index contributed by atoms with van der Waals surface area (Å²) < 4.78 is 2.77. The molecule has 3 rings (SSSR count). The van der Waals surface area contributed by atoms with Gasteiger partial charge < -0.3 is 5.32 Å². The number of aromatic nitrogens is 1. The molecule has 1 N–H and O–H groups in total. The first-order valence-electron chi connectivity index (χ1n) is 6.91. The van der Waals surface area contributed by atoms with Crippen molar-refractivity contribution in [3.63, 3.8) is 0 Å². The lowest BCUT2D eigenvalue weighted by molar-refractivity contribution is 0.604. The number of hydrogen-bond donors (Lipinski definition) is 1. The van der Waals surface area contributed by atoms with Gasteiger partial charge in [0.1, 0.15) is 0 Å². The average Bonchev–Trinajstić information content (AvgIpc) is 3.02. The Labute approximate surface area is 127 Å². The van der Waals surface area contributed by atoms with Crippen LogP contribution in [0.3, 0.4) is 0 Å². The highest BCUT2D eigenvalue weighted by molar-refractivity contribution is 7.27. The second-order valence-corrected chi connectivity index (χ2v) is 6.98. The van der Waals surface area contributed by atoms with Crippen molar-refractivity contribution >= 4 is 32.1 Å². The van der Waals surface area contributed by atoms with Gasteiger partial charge in [0.25, 0.3) is 0 Å². The molecule has 2 nitrogen and oxygen atoms in total. The third-order valence-electron chi connectivity index (χ3n) is 3.31. The van der Waals surface area contributed by atoms with E-state index in [9.17, 15) is 0 Å². The number of nitrogens with one attached hydrogen (secondary N) is 1. The Hall–Kier alpha value is -1.23. The van der Waals surface area contributed by atoms with Crippen LogP contribution in [0.2, 0.25) is 0 Å². The van der Waals surface area contributed by atoms with E-state index in [1.807, 2.05) is 35.8 Å². The number of nitrogens with zero attached hydrogens (tertiary/aromatic N) is 1. The molecule has 0 radical (unpaired) electrons. The maximum absolute atomic E-state index is 4.44. The van der Waals surface area contributed by atoms with E-state index in [-0.39, 0.29) is 6.04 Å². The van der Waals surface area contributed by atoms with E-state index < -0.39 is 0 Å². The molecule has 0 spiro atoms. The van der Waals surface area contributed by atoms with Gasteiger partial charge in [0.15, 0.2) is 0 Å². The van der Waals surface area contributed by atoms with E-state index in [2.05, 4.69) is 46.9 Å². The summed E-state index contributed by atoms with van der Waals surface area (Å²) in [4.78, 5) is 5.82.